The molecule has 0 N–H and O–H groups in total. The van der Waals surface area contributed by atoms with Crippen molar-refractivity contribution in [2.24, 2.45) is 0 Å². The van der Waals surface area contributed by atoms with E-state index in [1.807, 2.05) is 33.8 Å². The molecule has 3 rings (SSSR count). The van der Waals surface area contributed by atoms with Crippen molar-refractivity contribution in [1.29, 1.82) is 0 Å². The van der Waals surface area contributed by atoms with Crippen LogP contribution in [0.25, 0.3) is 0 Å². The van der Waals surface area contributed by atoms with Crippen molar-refractivity contribution in [3.8, 4) is 0 Å². The Morgan fingerprint density at radius 1 is 1.37 bits per heavy atom. The van der Waals surface area contributed by atoms with Gasteiger partial charge in [-0.3, -0.25) is 4.79 Å². The first kappa shape index (κ1) is 19.6. The molecule has 0 aromatic carbocycles. The van der Waals surface area contributed by atoms with Gasteiger partial charge in [-0.25, -0.2) is 9.78 Å². The van der Waals surface area contributed by atoms with E-state index in [1.54, 1.807) is 12.0 Å². The second-order valence-corrected chi connectivity index (χ2v) is 8.44. The molecule has 1 aromatic heterocycles. The van der Waals surface area contributed by atoms with E-state index in [9.17, 15) is 9.59 Å². The van der Waals surface area contributed by atoms with Crippen LogP contribution in [0.5, 0.6) is 0 Å². The number of anilines is 1. The van der Waals surface area contributed by atoms with Gasteiger partial charge >= 0.3 is 6.09 Å². The van der Waals surface area contributed by atoms with Crippen LogP contribution in [0.2, 0.25) is 0 Å². The molecule has 0 radical (unpaired) electrons. The van der Waals surface area contributed by atoms with Gasteiger partial charge < -0.3 is 19.3 Å². The lowest BCUT2D eigenvalue weighted by molar-refractivity contribution is 0.0191. The van der Waals surface area contributed by atoms with Crippen LogP contribution in [-0.4, -0.2) is 60.1 Å². The number of ether oxygens (including phenoxy) is 2. The lowest BCUT2D eigenvalue weighted by Gasteiger charge is -2.43. The molecule has 0 spiro atoms. The number of carbonyl (C=O) groups is 2. The van der Waals surface area contributed by atoms with Crippen LogP contribution in [0.4, 0.5) is 10.6 Å². The maximum atomic E-state index is 12.5. The molecule has 1 amide bonds. The van der Waals surface area contributed by atoms with Crippen LogP contribution >= 0.6 is 0 Å². The topological polar surface area (TPSA) is 72.0 Å². The van der Waals surface area contributed by atoms with Crippen molar-refractivity contribution in [3.05, 3.63) is 22.9 Å². The standard InChI is InChI=1S/C20H29N3O4/c1-12-9-22(19(25)27-20(3,4)5)10-16-8-14-7-15(11-24)17(13(2)26-6)21-18(14)23(12)16/h7,11-13,16H,8-10H2,1-6H3/t12-,13-,16-/m1/s1. The minimum absolute atomic E-state index is 0.109. The molecule has 1 fully saturated rings. The highest BCUT2D eigenvalue weighted by molar-refractivity contribution is 5.79. The Labute approximate surface area is 160 Å². The molecule has 27 heavy (non-hydrogen) atoms. The maximum Gasteiger partial charge on any atom is 0.410 e. The van der Waals surface area contributed by atoms with Gasteiger partial charge in [-0.05, 0) is 52.7 Å². The number of fused-ring (bicyclic) bond motifs is 3. The third kappa shape index (κ3) is 3.78. The fourth-order valence-electron chi connectivity index (χ4n) is 3.94. The summed E-state index contributed by atoms with van der Waals surface area (Å²) >= 11 is 0. The highest BCUT2D eigenvalue weighted by atomic mass is 16.6. The molecule has 0 unspecified atom stereocenters. The van der Waals surface area contributed by atoms with E-state index in [-0.39, 0.29) is 24.3 Å². The SMILES string of the molecule is CO[C@H](C)c1nc2c(cc1C=O)C[C@@H]1CN(C(=O)OC(C)(C)C)C[C@@H](C)N21. The van der Waals surface area contributed by atoms with Crippen molar-refractivity contribution in [1.82, 2.24) is 9.88 Å². The summed E-state index contributed by atoms with van der Waals surface area (Å²) in [7, 11) is 1.61. The van der Waals surface area contributed by atoms with Gasteiger partial charge in [0.1, 0.15) is 11.4 Å². The molecule has 2 aliphatic rings. The molecule has 3 atom stereocenters. The van der Waals surface area contributed by atoms with Gasteiger partial charge in [0.05, 0.1) is 17.8 Å². The summed E-state index contributed by atoms with van der Waals surface area (Å²) in [5.41, 5.74) is 1.77. The Morgan fingerprint density at radius 2 is 2.07 bits per heavy atom. The number of hydrogen-bond donors (Lipinski definition) is 0. The van der Waals surface area contributed by atoms with E-state index in [4.69, 9.17) is 14.5 Å². The lowest BCUT2D eigenvalue weighted by Crippen LogP contribution is -2.58. The second kappa shape index (κ2) is 7.11. The molecule has 7 nitrogen and oxygen atoms in total. The van der Waals surface area contributed by atoms with Crippen LogP contribution in [0.3, 0.4) is 0 Å². The number of aldehydes is 1. The number of amides is 1. The molecule has 1 saturated heterocycles. The van der Waals surface area contributed by atoms with Crippen LogP contribution in [0, 0.1) is 0 Å². The van der Waals surface area contributed by atoms with Crippen LogP contribution in [0.15, 0.2) is 6.07 Å². The van der Waals surface area contributed by atoms with Crippen molar-refractivity contribution in [2.75, 3.05) is 25.1 Å². The van der Waals surface area contributed by atoms with Gasteiger partial charge in [0.25, 0.3) is 0 Å². The fourth-order valence-corrected chi connectivity index (χ4v) is 3.94. The smallest absolute Gasteiger partial charge is 0.410 e. The zero-order valence-electron chi connectivity index (χ0n) is 17.0. The number of pyridine rings is 1. The van der Waals surface area contributed by atoms with Crippen molar-refractivity contribution >= 4 is 18.2 Å². The molecule has 7 heteroatoms. The van der Waals surface area contributed by atoms with Gasteiger partial charge in [0.15, 0.2) is 6.29 Å². The third-order valence-corrected chi connectivity index (χ3v) is 5.14. The number of carbonyl (C=O) groups excluding carboxylic acids is 2. The summed E-state index contributed by atoms with van der Waals surface area (Å²) in [6.45, 7) is 10.8. The Hall–Kier alpha value is -2.15. The Bertz CT molecular complexity index is 743. The quantitative estimate of drug-likeness (QED) is 0.757. The number of hydrogen-bond acceptors (Lipinski definition) is 6. The molecule has 3 heterocycles. The van der Waals surface area contributed by atoms with Crippen molar-refractivity contribution < 1.29 is 19.1 Å². The van der Waals surface area contributed by atoms with Crippen LogP contribution in [0.1, 0.15) is 62.3 Å². The summed E-state index contributed by atoms with van der Waals surface area (Å²) in [6, 6.07) is 2.16. The van der Waals surface area contributed by atoms with E-state index >= 15 is 0 Å². The van der Waals surface area contributed by atoms with E-state index in [2.05, 4.69) is 11.8 Å². The summed E-state index contributed by atoms with van der Waals surface area (Å²) < 4.78 is 10.9. The normalized spacial score (nSPS) is 22.9. The average Bonchev–Trinajstić information content (AvgIpc) is 2.96. The van der Waals surface area contributed by atoms with Crippen molar-refractivity contribution in [3.63, 3.8) is 0 Å². The molecule has 0 aliphatic carbocycles. The number of nitrogens with zero attached hydrogens (tertiary/aromatic N) is 3. The molecular formula is C20H29N3O4. The fraction of sp³-hybridized carbons (Fsp3) is 0.650. The Morgan fingerprint density at radius 3 is 2.67 bits per heavy atom. The minimum atomic E-state index is -0.512. The predicted octanol–water partition coefficient (Wildman–Crippen LogP) is 2.97. The summed E-state index contributed by atoms with van der Waals surface area (Å²) in [6.07, 6.45) is 1.06. The first-order valence-corrected chi connectivity index (χ1v) is 9.42. The average molecular weight is 375 g/mol. The number of methoxy groups -OCH3 is 1. The maximum absolute atomic E-state index is 12.5. The minimum Gasteiger partial charge on any atom is -0.444 e. The number of piperazine rings is 1. The van der Waals surface area contributed by atoms with Gasteiger partial charge in [-0.2, -0.15) is 0 Å². The van der Waals surface area contributed by atoms with Gasteiger partial charge in [-0.1, -0.05) is 0 Å². The zero-order chi connectivity index (χ0) is 19.9. The lowest BCUT2D eigenvalue weighted by atomic mass is 10.0. The Kier molecular flexibility index (Phi) is 5.16. The van der Waals surface area contributed by atoms with E-state index < -0.39 is 5.60 Å². The highest BCUT2D eigenvalue weighted by Crippen LogP contribution is 2.37. The molecule has 148 valence electrons. The third-order valence-electron chi connectivity index (χ3n) is 5.14. The van der Waals surface area contributed by atoms with E-state index in [0.29, 0.717) is 24.3 Å². The summed E-state index contributed by atoms with van der Waals surface area (Å²) in [5.74, 6) is 0.904. The zero-order valence-corrected chi connectivity index (χ0v) is 17.0. The molecule has 0 saturated carbocycles. The second-order valence-electron chi connectivity index (χ2n) is 8.44. The molecular weight excluding hydrogens is 346 g/mol. The number of rotatable bonds is 3. The van der Waals surface area contributed by atoms with Crippen molar-refractivity contribution in [2.45, 2.75) is 64.8 Å². The van der Waals surface area contributed by atoms with Gasteiger partial charge in [0, 0.05) is 31.8 Å². The number of aromatic nitrogens is 1. The van der Waals surface area contributed by atoms with Crippen LogP contribution in [-0.2, 0) is 15.9 Å². The first-order valence-electron chi connectivity index (χ1n) is 9.42. The predicted molar refractivity (Wildman–Crippen MR) is 102 cm³/mol. The first-order chi connectivity index (χ1) is 12.6. The highest BCUT2D eigenvalue weighted by Gasteiger charge is 2.42. The van der Waals surface area contributed by atoms with E-state index in [1.165, 1.54) is 0 Å². The van der Waals surface area contributed by atoms with E-state index in [0.717, 1.165) is 24.1 Å². The van der Waals surface area contributed by atoms with Crippen LogP contribution < -0.4 is 4.90 Å². The van der Waals surface area contributed by atoms with Gasteiger partial charge in [0.2, 0.25) is 0 Å². The largest absolute Gasteiger partial charge is 0.444 e. The summed E-state index contributed by atoms with van der Waals surface area (Å²) in [4.78, 5) is 32.9. The monoisotopic (exact) mass is 375 g/mol. The molecule has 0 bridgehead atoms. The molecule has 2 aliphatic heterocycles. The molecule has 1 aromatic rings. The van der Waals surface area contributed by atoms with Gasteiger partial charge in [-0.15, -0.1) is 0 Å². The Balaban J connectivity index is 1.87. The summed E-state index contributed by atoms with van der Waals surface area (Å²) in [5, 5.41) is 0.